The molecule has 0 bridgehead atoms. The van der Waals surface area contributed by atoms with Crippen LogP contribution < -0.4 is 10.1 Å². The van der Waals surface area contributed by atoms with E-state index in [1.807, 2.05) is 6.07 Å². The van der Waals surface area contributed by atoms with Crippen LogP contribution in [-0.2, 0) is 6.54 Å². The summed E-state index contributed by atoms with van der Waals surface area (Å²) in [6.07, 6.45) is 3.99. The van der Waals surface area contributed by atoms with Gasteiger partial charge in [-0.25, -0.2) is 4.98 Å². The van der Waals surface area contributed by atoms with Crippen molar-refractivity contribution in [2.75, 3.05) is 6.61 Å². The molecule has 0 saturated heterocycles. The molecule has 0 spiro atoms. The largest absolute Gasteiger partial charge is 0.477 e. The Kier molecular flexibility index (Phi) is 5.42. The highest BCUT2D eigenvalue weighted by atomic mass is 16.5. The smallest absolute Gasteiger partial charge is 0.217 e. The summed E-state index contributed by atoms with van der Waals surface area (Å²) in [5, 5.41) is 3.45. The number of ether oxygens (including phenoxy) is 1. The van der Waals surface area contributed by atoms with Gasteiger partial charge in [-0.05, 0) is 33.3 Å². The minimum atomic E-state index is 0.108. The number of hydrogen-bond acceptors (Lipinski definition) is 3. The molecule has 0 radical (unpaired) electrons. The summed E-state index contributed by atoms with van der Waals surface area (Å²) in [5.74, 6) is 0.762. The molecule has 0 aromatic carbocycles. The van der Waals surface area contributed by atoms with Gasteiger partial charge in [0.1, 0.15) is 0 Å². The van der Waals surface area contributed by atoms with Gasteiger partial charge in [-0.3, -0.25) is 0 Å². The summed E-state index contributed by atoms with van der Waals surface area (Å²) < 4.78 is 5.69. The van der Waals surface area contributed by atoms with Gasteiger partial charge >= 0.3 is 0 Å². The van der Waals surface area contributed by atoms with Gasteiger partial charge in [0.05, 0.1) is 6.61 Å². The van der Waals surface area contributed by atoms with E-state index in [9.17, 15) is 0 Å². The van der Waals surface area contributed by atoms with E-state index in [4.69, 9.17) is 4.74 Å². The average molecular weight is 236 g/mol. The fourth-order valence-electron chi connectivity index (χ4n) is 1.36. The number of nitrogens with one attached hydrogen (secondary N) is 1. The van der Waals surface area contributed by atoms with Gasteiger partial charge in [0, 0.05) is 23.8 Å². The van der Waals surface area contributed by atoms with E-state index in [2.05, 4.69) is 44.1 Å². The fourth-order valence-corrected chi connectivity index (χ4v) is 1.36. The van der Waals surface area contributed by atoms with E-state index in [1.54, 1.807) is 6.20 Å². The lowest BCUT2D eigenvalue weighted by molar-refractivity contribution is 0.292. The SMILES string of the molecule is CCCCOc1ncccc1CNC(C)(C)C. The van der Waals surface area contributed by atoms with E-state index in [0.29, 0.717) is 0 Å². The Bertz CT molecular complexity index is 331. The van der Waals surface area contributed by atoms with E-state index in [0.717, 1.165) is 37.4 Å². The second-order valence-electron chi connectivity index (χ2n) is 5.27. The Labute approximate surface area is 105 Å². The average Bonchev–Trinajstić information content (AvgIpc) is 2.27. The van der Waals surface area contributed by atoms with Crippen LogP contribution in [0.2, 0.25) is 0 Å². The summed E-state index contributed by atoms with van der Waals surface area (Å²) in [6, 6.07) is 4.01. The molecule has 0 unspecified atom stereocenters. The van der Waals surface area contributed by atoms with Gasteiger partial charge in [-0.1, -0.05) is 19.4 Å². The van der Waals surface area contributed by atoms with E-state index in [-0.39, 0.29) is 5.54 Å². The molecule has 1 rings (SSSR count). The zero-order valence-electron chi connectivity index (χ0n) is 11.4. The molecule has 0 atom stereocenters. The first-order valence-corrected chi connectivity index (χ1v) is 6.34. The lowest BCUT2D eigenvalue weighted by atomic mass is 10.1. The number of hydrogen-bond donors (Lipinski definition) is 1. The Morgan fingerprint density at radius 2 is 2.12 bits per heavy atom. The summed E-state index contributed by atoms with van der Waals surface area (Å²) in [6.45, 7) is 10.2. The number of rotatable bonds is 6. The molecule has 0 amide bonds. The third-order valence-corrected chi connectivity index (χ3v) is 2.40. The van der Waals surface area contributed by atoms with Crippen molar-refractivity contribution in [2.45, 2.75) is 52.6 Å². The number of pyridine rings is 1. The molecule has 1 aromatic rings. The van der Waals surface area contributed by atoms with E-state index in [1.165, 1.54) is 0 Å². The van der Waals surface area contributed by atoms with Crippen LogP contribution in [-0.4, -0.2) is 17.1 Å². The van der Waals surface area contributed by atoms with Crippen molar-refractivity contribution in [3.8, 4) is 5.88 Å². The first-order chi connectivity index (χ1) is 8.03. The molecular weight excluding hydrogens is 212 g/mol. The van der Waals surface area contributed by atoms with Crippen molar-refractivity contribution in [1.82, 2.24) is 10.3 Å². The third-order valence-electron chi connectivity index (χ3n) is 2.40. The third kappa shape index (κ3) is 5.68. The van der Waals surface area contributed by atoms with Crippen LogP contribution in [0.1, 0.15) is 46.1 Å². The van der Waals surface area contributed by atoms with Crippen LogP contribution in [0.4, 0.5) is 0 Å². The molecule has 0 saturated carbocycles. The highest BCUT2D eigenvalue weighted by molar-refractivity contribution is 5.25. The Morgan fingerprint density at radius 1 is 1.35 bits per heavy atom. The molecule has 0 aliphatic rings. The molecule has 1 aromatic heterocycles. The maximum absolute atomic E-state index is 5.69. The highest BCUT2D eigenvalue weighted by Crippen LogP contribution is 2.15. The first kappa shape index (κ1) is 14.0. The molecule has 1 heterocycles. The minimum Gasteiger partial charge on any atom is -0.477 e. The molecular formula is C14H24N2O. The summed E-state index contributed by atoms with van der Waals surface area (Å²) in [7, 11) is 0. The summed E-state index contributed by atoms with van der Waals surface area (Å²) in [5.41, 5.74) is 1.23. The lowest BCUT2D eigenvalue weighted by Gasteiger charge is -2.21. The van der Waals surface area contributed by atoms with Crippen LogP contribution in [0.3, 0.4) is 0 Å². The molecule has 17 heavy (non-hydrogen) atoms. The number of nitrogens with zero attached hydrogens (tertiary/aromatic N) is 1. The van der Waals surface area contributed by atoms with Crippen LogP contribution in [0.25, 0.3) is 0 Å². The van der Waals surface area contributed by atoms with Gasteiger partial charge in [-0.2, -0.15) is 0 Å². The predicted molar refractivity (Wildman–Crippen MR) is 71.2 cm³/mol. The van der Waals surface area contributed by atoms with Crippen molar-refractivity contribution in [3.63, 3.8) is 0 Å². The predicted octanol–water partition coefficient (Wildman–Crippen LogP) is 3.15. The first-order valence-electron chi connectivity index (χ1n) is 6.34. The normalized spacial score (nSPS) is 11.5. The van der Waals surface area contributed by atoms with Gasteiger partial charge in [-0.15, -0.1) is 0 Å². The zero-order valence-corrected chi connectivity index (χ0v) is 11.4. The summed E-state index contributed by atoms with van der Waals surface area (Å²) in [4.78, 5) is 4.29. The van der Waals surface area contributed by atoms with Crippen molar-refractivity contribution < 1.29 is 4.74 Å². The monoisotopic (exact) mass is 236 g/mol. The number of unbranched alkanes of at least 4 members (excludes halogenated alkanes) is 1. The topological polar surface area (TPSA) is 34.1 Å². The minimum absolute atomic E-state index is 0.108. The van der Waals surface area contributed by atoms with Gasteiger partial charge in [0.2, 0.25) is 5.88 Å². The van der Waals surface area contributed by atoms with Crippen LogP contribution in [0, 0.1) is 0 Å². The maximum Gasteiger partial charge on any atom is 0.217 e. The molecule has 3 heteroatoms. The van der Waals surface area contributed by atoms with Crippen molar-refractivity contribution in [2.24, 2.45) is 0 Å². The Hall–Kier alpha value is -1.09. The summed E-state index contributed by atoms with van der Waals surface area (Å²) >= 11 is 0. The standard InChI is InChI=1S/C14H24N2O/c1-5-6-10-17-13-12(8-7-9-15-13)11-16-14(2,3)4/h7-9,16H,5-6,10-11H2,1-4H3. The molecule has 96 valence electrons. The quantitative estimate of drug-likeness (QED) is 0.770. The van der Waals surface area contributed by atoms with Gasteiger partial charge < -0.3 is 10.1 Å². The van der Waals surface area contributed by atoms with Gasteiger partial charge in [0.15, 0.2) is 0 Å². The highest BCUT2D eigenvalue weighted by Gasteiger charge is 2.11. The van der Waals surface area contributed by atoms with Crippen molar-refractivity contribution >= 4 is 0 Å². The van der Waals surface area contributed by atoms with Gasteiger partial charge in [0.25, 0.3) is 0 Å². The molecule has 0 fully saturated rings. The van der Waals surface area contributed by atoms with E-state index < -0.39 is 0 Å². The molecule has 1 N–H and O–H groups in total. The Balaban J connectivity index is 2.58. The van der Waals surface area contributed by atoms with Crippen molar-refractivity contribution in [3.05, 3.63) is 23.9 Å². The lowest BCUT2D eigenvalue weighted by Crippen LogP contribution is -2.35. The second kappa shape index (κ2) is 6.60. The van der Waals surface area contributed by atoms with Crippen molar-refractivity contribution in [1.29, 1.82) is 0 Å². The number of aromatic nitrogens is 1. The maximum atomic E-state index is 5.69. The molecule has 3 nitrogen and oxygen atoms in total. The molecule has 0 aliphatic carbocycles. The van der Waals surface area contributed by atoms with Crippen LogP contribution >= 0.6 is 0 Å². The van der Waals surface area contributed by atoms with Crippen LogP contribution in [0.5, 0.6) is 5.88 Å². The molecule has 0 aliphatic heterocycles. The second-order valence-corrected chi connectivity index (χ2v) is 5.27. The zero-order chi connectivity index (χ0) is 12.7. The van der Waals surface area contributed by atoms with E-state index >= 15 is 0 Å². The Morgan fingerprint density at radius 3 is 2.76 bits per heavy atom. The van der Waals surface area contributed by atoms with Crippen LogP contribution in [0.15, 0.2) is 18.3 Å². The fraction of sp³-hybridized carbons (Fsp3) is 0.643.